The smallest absolute Gasteiger partial charge is 0.311 e. The molecule has 1 aromatic carbocycles. The summed E-state index contributed by atoms with van der Waals surface area (Å²) in [6, 6.07) is 5.24. The minimum absolute atomic E-state index is 0.0515. The van der Waals surface area contributed by atoms with E-state index in [1.807, 2.05) is 6.07 Å². The van der Waals surface area contributed by atoms with Crippen LogP contribution in [0.5, 0.6) is 5.75 Å². The van der Waals surface area contributed by atoms with Crippen molar-refractivity contribution >= 4 is 5.69 Å². The maximum absolute atomic E-state index is 10.9. The van der Waals surface area contributed by atoms with Gasteiger partial charge in [0.25, 0.3) is 0 Å². The lowest BCUT2D eigenvalue weighted by atomic mass is 9.91. The summed E-state index contributed by atoms with van der Waals surface area (Å²) in [6.45, 7) is 1.93. The van der Waals surface area contributed by atoms with E-state index in [0.29, 0.717) is 11.7 Å². The van der Waals surface area contributed by atoms with Crippen molar-refractivity contribution in [3.05, 3.63) is 33.9 Å². The number of hydrogen-bond acceptors (Lipinski definition) is 4. The SMILES string of the molecule is COc1ccc(C2CCCNC2)cc1[N+](=O)[O-]. The van der Waals surface area contributed by atoms with Gasteiger partial charge in [0.2, 0.25) is 0 Å². The zero-order valence-electron chi connectivity index (χ0n) is 9.81. The van der Waals surface area contributed by atoms with Crippen LogP contribution in [0, 0.1) is 10.1 Å². The molecule has 17 heavy (non-hydrogen) atoms. The molecule has 1 unspecified atom stereocenters. The summed E-state index contributed by atoms with van der Waals surface area (Å²) >= 11 is 0. The van der Waals surface area contributed by atoms with Gasteiger partial charge in [0, 0.05) is 12.6 Å². The molecule has 1 aliphatic rings. The minimum atomic E-state index is -0.390. The number of nitro benzene ring substituents is 1. The topological polar surface area (TPSA) is 64.4 Å². The molecule has 0 spiro atoms. The molecule has 92 valence electrons. The maximum Gasteiger partial charge on any atom is 0.311 e. The summed E-state index contributed by atoms with van der Waals surface area (Å²) in [7, 11) is 1.45. The highest BCUT2D eigenvalue weighted by Crippen LogP contribution is 2.32. The second-order valence-corrected chi connectivity index (χ2v) is 4.23. The van der Waals surface area contributed by atoms with E-state index < -0.39 is 4.92 Å². The van der Waals surface area contributed by atoms with E-state index in [-0.39, 0.29) is 5.69 Å². The fourth-order valence-electron chi connectivity index (χ4n) is 2.24. The highest BCUT2D eigenvalue weighted by Gasteiger charge is 2.20. The van der Waals surface area contributed by atoms with E-state index in [1.165, 1.54) is 7.11 Å². The van der Waals surface area contributed by atoms with Crippen molar-refractivity contribution in [2.24, 2.45) is 0 Å². The second kappa shape index (κ2) is 5.14. The van der Waals surface area contributed by atoms with E-state index in [1.54, 1.807) is 12.1 Å². The summed E-state index contributed by atoms with van der Waals surface area (Å²) in [4.78, 5) is 10.5. The van der Waals surface area contributed by atoms with Gasteiger partial charge in [0.05, 0.1) is 12.0 Å². The van der Waals surface area contributed by atoms with E-state index in [9.17, 15) is 10.1 Å². The van der Waals surface area contributed by atoms with Gasteiger partial charge in [-0.3, -0.25) is 10.1 Å². The van der Waals surface area contributed by atoms with E-state index in [4.69, 9.17) is 4.74 Å². The molecule has 5 nitrogen and oxygen atoms in total. The Bertz CT molecular complexity index is 414. The van der Waals surface area contributed by atoms with Crippen LogP contribution in [-0.4, -0.2) is 25.1 Å². The zero-order valence-corrected chi connectivity index (χ0v) is 9.81. The van der Waals surface area contributed by atoms with Crippen molar-refractivity contribution in [2.45, 2.75) is 18.8 Å². The Morgan fingerprint density at radius 2 is 2.35 bits per heavy atom. The molecule has 5 heteroatoms. The molecule has 1 aromatic rings. The first kappa shape index (κ1) is 11.9. The van der Waals surface area contributed by atoms with Crippen LogP contribution in [0.25, 0.3) is 0 Å². The van der Waals surface area contributed by atoms with Crippen molar-refractivity contribution in [2.75, 3.05) is 20.2 Å². The molecule has 0 aromatic heterocycles. The van der Waals surface area contributed by atoms with Crippen molar-refractivity contribution < 1.29 is 9.66 Å². The third-order valence-electron chi connectivity index (χ3n) is 3.17. The molecule has 0 aliphatic carbocycles. The molecular formula is C12H16N2O3. The van der Waals surface area contributed by atoms with Crippen molar-refractivity contribution in [1.29, 1.82) is 0 Å². The molecule has 0 bridgehead atoms. The number of rotatable bonds is 3. The molecule has 2 rings (SSSR count). The molecule has 1 N–H and O–H groups in total. The summed E-state index contributed by atoms with van der Waals surface area (Å²) in [5.74, 6) is 0.691. The van der Waals surface area contributed by atoms with Gasteiger partial charge >= 0.3 is 5.69 Å². The highest BCUT2D eigenvalue weighted by molar-refractivity contribution is 5.49. The number of hydrogen-bond donors (Lipinski definition) is 1. The second-order valence-electron chi connectivity index (χ2n) is 4.23. The standard InChI is InChI=1S/C12H16N2O3/c1-17-12-5-4-9(7-11(12)14(15)16)10-3-2-6-13-8-10/h4-5,7,10,13H,2-3,6,8H2,1H3. The largest absolute Gasteiger partial charge is 0.490 e. The predicted molar refractivity (Wildman–Crippen MR) is 64.5 cm³/mol. The summed E-state index contributed by atoms with van der Waals surface area (Å²) in [5.41, 5.74) is 1.07. The molecule has 1 fully saturated rings. The van der Waals surface area contributed by atoms with E-state index in [2.05, 4.69) is 5.32 Å². The number of methoxy groups -OCH3 is 1. The van der Waals surface area contributed by atoms with Crippen molar-refractivity contribution in [3.63, 3.8) is 0 Å². The number of nitrogens with one attached hydrogen (secondary N) is 1. The number of piperidine rings is 1. The number of ether oxygens (including phenoxy) is 1. The summed E-state index contributed by atoms with van der Waals surface area (Å²) in [5, 5.41) is 14.2. The van der Waals surface area contributed by atoms with Gasteiger partial charge in [-0.2, -0.15) is 0 Å². The lowest BCUT2D eigenvalue weighted by molar-refractivity contribution is -0.385. The van der Waals surface area contributed by atoms with E-state index in [0.717, 1.165) is 31.5 Å². The highest BCUT2D eigenvalue weighted by atomic mass is 16.6. The zero-order chi connectivity index (χ0) is 12.3. The average Bonchev–Trinajstić information content (AvgIpc) is 2.39. The molecule has 1 heterocycles. The molecular weight excluding hydrogens is 220 g/mol. The molecule has 1 atom stereocenters. The number of benzene rings is 1. The predicted octanol–water partition coefficient (Wildman–Crippen LogP) is 2.07. The lowest BCUT2D eigenvalue weighted by Crippen LogP contribution is -2.28. The first-order valence-corrected chi connectivity index (χ1v) is 5.75. The van der Waals surface area contributed by atoms with Crippen LogP contribution >= 0.6 is 0 Å². The van der Waals surface area contributed by atoms with Gasteiger partial charge in [-0.15, -0.1) is 0 Å². The maximum atomic E-state index is 10.9. The molecule has 0 saturated carbocycles. The van der Waals surface area contributed by atoms with Crippen LogP contribution in [0.2, 0.25) is 0 Å². The first-order chi connectivity index (χ1) is 8.22. The summed E-state index contributed by atoms with van der Waals surface area (Å²) < 4.78 is 4.99. The Morgan fingerprint density at radius 1 is 1.53 bits per heavy atom. The van der Waals surface area contributed by atoms with Crippen LogP contribution in [-0.2, 0) is 0 Å². The normalized spacial score (nSPS) is 19.9. The van der Waals surface area contributed by atoms with Gasteiger partial charge in [0.1, 0.15) is 0 Å². The molecule has 0 radical (unpaired) electrons. The van der Waals surface area contributed by atoms with Crippen LogP contribution in [0.15, 0.2) is 18.2 Å². The quantitative estimate of drug-likeness (QED) is 0.644. The summed E-state index contributed by atoms with van der Waals surface area (Å²) in [6.07, 6.45) is 2.20. The molecule has 1 aliphatic heterocycles. The molecule has 1 saturated heterocycles. The van der Waals surface area contributed by atoms with Gasteiger partial charge in [0.15, 0.2) is 5.75 Å². The van der Waals surface area contributed by atoms with Crippen LogP contribution in [0.1, 0.15) is 24.3 Å². The van der Waals surface area contributed by atoms with Gasteiger partial charge < -0.3 is 10.1 Å². The monoisotopic (exact) mass is 236 g/mol. The fraction of sp³-hybridized carbons (Fsp3) is 0.500. The van der Waals surface area contributed by atoms with Gasteiger partial charge in [-0.05, 0) is 36.9 Å². The lowest BCUT2D eigenvalue weighted by Gasteiger charge is -2.23. The Hall–Kier alpha value is -1.62. The average molecular weight is 236 g/mol. The van der Waals surface area contributed by atoms with Gasteiger partial charge in [-0.1, -0.05) is 6.07 Å². The van der Waals surface area contributed by atoms with Crippen LogP contribution < -0.4 is 10.1 Å². The Kier molecular flexibility index (Phi) is 3.58. The van der Waals surface area contributed by atoms with Crippen molar-refractivity contribution in [1.82, 2.24) is 5.32 Å². The van der Waals surface area contributed by atoms with Crippen molar-refractivity contribution in [3.8, 4) is 5.75 Å². The molecule has 0 amide bonds. The number of nitro groups is 1. The Morgan fingerprint density at radius 3 is 2.94 bits per heavy atom. The van der Waals surface area contributed by atoms with Crippen LogP contribution in [0.3, 0.4) is 0 Å². The minimum Gasteiger partial charge on any atom is -0.490 e. The fourth-order valence-corrected chi connectivity index (χ4v) is 2.24. The number of nitrogens with zero attached hydrogens (tertiary/aromatic N) is 1. The first-order valence-electron chi connectivity index (χ1n) is 5.75. The van der Waals surface area contributed by atoms with E-state index >= 15 is 0 Å². The third kappa shape index (κ3) is 2.55. The van der Waals surface area contributed by atoms with Gasteiger partial charge in [-0.25, -0.2) is 0 Å². The van der Waals surface area contributed by atoms with Crippen LogP contribution in [0.4, 0.5) is 5.69 Å². The Balaban J connectivity index is 2.29. The third-order valence-corrected chi connectivity index (χ3v) is 3.17. The Labute approximate surface area is 99.9 Å².